The van der Waals surface area contributed by atoms with Gasteiger partial charge in [-0.25, -0.2) is 0 Å². The van der Waals surface area contributed by atoms with Gasteiger partial charge in [0.2, 0.25) is 5.91 Å². The largest absolute Gasteiger partial charge is 0.481 e. The van der Waals surface area contributed by atoms with Crippen LogP contribution in [0.4, 0.5) is 0 Å². The van der Waals surface area contributed by atoms with Gasteiger partial charge in [-0.3, -0.25) is 9.59 Å². The highest BCUT2D eigenvalue weighted by molar-refractivity contribution is 5.85. The number of carboxylic acids is 1. The van der Waals surface area contributed by atoms with Gasteiger partial charge in [0, 0.05) is 26.2 Å². The zero-order chi connectivity index (χ0) is 14.9. The molecule has 1 saturated heterocycles. The van der Waals surface area contributed by atoms with Crippen molar-refractivity contribution >= 4 is 11.9 Å². The van der Waals surface area contributed by atoms with E-state index in [0.717, 1.165) is 18.7 Å². The Morgan fingerprint density at radius 3 is 2.40 bits per heavy atom. The van der Waals surface area contributed by atoms with E-state index in [1.807, 2.05) is 31.9 Å². The molecular weight excluding hydrogens is 256 g/mol. The molecule has 1 amide bonds. The Morgan fingerprint density at radius 2 is 1.85 bits per heavy atom. The quantitative estimate of drug-likeness (QED) is 0.769. The van der Waals surface area contributed by atoms with Crippen molar-refractivity contribution < 1.29 is 14.7 Å². The molecule has 1 heterocycles. The van der Waals surface area contributed by atoms with E-state index in [1.165, 1.54) is 0 Å². The number of likely N-dealkylation sites (N-methyl/N-ethyl adjacent to an activating group) is 1. The Kier molecular flexibility index (Phi) is 4.48. The van der Waals surface area contributed by atoms with E-state index < -0.39 is 17.8 Å². The normalized spacial score (nSPS) is 31.9. The summed E-state index contributed by atoms with van der Waals surface area (Å²) in [6.07, 6.45) is 2.57. The zero-order valence-corrected chi connectivity index (χ0v) is 12.5. The molecule has 0 radical (unpaired) electrons. The molecule has 0 aromatic rings. The standard InChI is InChI=1S/C15H24N2O3/c1-10-8-11(2)13(15(19)20)12(9-10)14(18)17-6-4-16(3)5-7-17/h8,11-13H,4-7,9H2,1-3H3,(H,19,20)/t11-,12+,13+/m1/s1. The number of hydrogen-bond donors (Lipinski definition) is 1. The number of carbonyl (C=O) groups excluding carboxylic acids is 1. The first-order chi connectivity index (χ1) is 9.40. The van der Waals surface area contributed by atoms with Crippen LogP contribution in [0, 0.1) is 17.8 Å². The Bertz CT molecular complexity index is 425. The number of carboxylic acid groups (broad SMARTS) is 1. The van der Waals surface area contributed by atoms with Crippen LogP contribution >= 0.6 is 0 Å². The molecule has 0 unspecified atom stereocenters. The highest BCUT2D eigenvalue weighted by atomic mass is 16.4. The summed E-state index contributed by atoms with van der Waals surface area (Å²) in [5.74, 6) is -1.91. The smallest absolute Gasteiger partial charge is 0.307 e. The Morgan fingerprint density at radius 1 is 1.25 bits per heavy atom. The molecule has 1 N–H and O–H groups in total. The molecule has 1 aliphatic carbocycles. The van der Waals surface area contributed by atoms with Crippen LogP contribution in [0.5, 0.6) is 0 Å². The van der Waals surface area contributed by atoms with Gasteiger partial charge in [0.25, 0.3) is 0 Å². The summed E-state index contributed by atoms with van der Waals surface area (Å²) in [4.78, 5) is 28.2. The number of aliphatic carboxylic acids is 1. The van der Waals surface area contributed by atoms with Gasteiger partial charge < -0.3 is 14.9 Å². The molecule has 5 heteroatoms. The summed E-state index contributed by atoms with van der Waals surface area (Å²) >= 11 is 0. The molecule has 2 rings (SSSR count). The van der Waals surface area contributed by atoms with Gasteiger partial charge in [-0.1, -0.05) is 18.6 Å². The van der Waals surface area contributed by atoms with Crippen LogP contribution in [0.2, 0.25) is 0 Å². The molecule has 0 aromatic heterocycles. The van der Waals surface area contributed by atoms with Crippen molar-refractivity contribution in [2.75, 3.05) is 33.2 Å². The van der Waals surface area contributed by atoms with E-state index in [-0.39, 0.29) is 11.8 Å². The third-order valence-electron chi connectivity index (χ3n) is 4.51. The summed E-state index contributed by atoms with van der Waals surface area (Å²) in [6, 6.07) is 0. The maximum absolute atomic E-state index is 12.7. The maximum atomic E-state index is 12.7. The highest BCUT2D eigenvalue weighted by Crippen LogP contribution is 2.35. The summed E-state index contributed by atoms with van der Waals surface area (Å²) in [5.41, 5.74) is 1.13. The van der Waals surface area contributed by atoms with Gasteiger partial charge in [-0.05, 0) is 26.3 Å². The van der Waals surface area contributed by atoms with E-state index in [9.17, 15) is 14.7 Å². The summed E-state index contributed by atoms with van der Waals surface area (Å²) in [6.45, 7) is 7.01. The average Bonchev–Trinajstić information content (AvgIpc) is 2.37. The predicted molar refractivity (Wildman–Crippen MR) is 76.2 cm³/mol. The first-order valence-electron chi connectivity index (χ1n) is 7.27. The summed E-state index contributed by atoms with van der Waals surface area (Å²) in [7, 11) is 2.04. The van der Waals surface area contributed by atoms with Crippen LogP contribution in [-0.2, 0) is 9.59 Å². The van der Waals surface area contributed by atoms with Crippen molar-refractivity contribution in [3.05, 3.63) is 11.6 Å². The van der Waals surface area contributed by atoms with Gasteiger partial charge in [-0.15, -0.1) is 0 Å². The molecule has 1 fully saturated rings. The first-order valence-corrected chi connectivity index (χ1v) is 7.27. The van der Waals surface area contributed by atoms with Crippen molar-refractivity contribution in [1.82, 2.24) is 9.80 Å². The number of amides is 1. The number of allylic oxidation sites excluding steroid dienone is 2. The second-order valence-corrected chi connectivity index (χ2v) is 6.18. The molecule has 2 aliphatic rings. The van der Waals surface area contributed by atoms with Gasteiger partial charge >= 0.3 is 5.97 Å². The zero-order valence-electron chi connectivity index (χ0n) is 12.5. The second kappa shape index (κ2) is 5.95. The average molecular weight is 280 g/mol. The summed E-state index contributed by atoms with van der Waals surface area (Å²) in [5, 5.41) is 9.45. The van der Waals surface area contributed by atoms with Crippen LogP contribution in [-0.4, -0.2) is 60.0 Å². The molecule has 0 bridgehead atoms. The van der Waals surface area contributed by atoms with E-state index in [1.54, 1.807) is 0 Å². The van der Waals surface area contributed by atoms with Gasteiger partial charge in [0.1, 0.15) is 0 Å². The van der Waals surface area contributed by atoms with Crippen molar-refractivity contribution in [3.8, 4) is 0 Å². The van der Waals surface area contributed by atoms with Crippen LogP contribution < -0.4 is 0 Å². The maximum Gasteiger partial charge on any atom is 0.307 e. The van der Waals surface area contributed by atoms with Crippen molar-refractivity contribution in [3.63, 3.8) is 0 Å². The number of hydrogen-bond acceptors (Lipinski definition) is 3. The molecule has 3 atom stereocenters. The second-order valence-electron chi connectivity index (χ2n) is 6.18. The fourth-order valence-corrected chi connectivity index (χ4v) is 3.36. The van der Waals surface area contributed by atoms with Gasteiger partial charge in [0.05, 0.1) is 11.8 Å². The third kappa shape index (κ3) is 3.03. The number of nitrogens with zero attached hydrogens (tertiary/aromatic N) is 2. The highest BCUT2D eigenvalue weighted by Gasteiger charge is 2.41. The fourth-order valence-electron chi connectivity index (χ4n) is 3.36. The third-order valence-corrected chi connectivity index (χ3v) is 4.51. The molecular formula is C15H24N2O3. The summed E-state index contributed by atoms with van der Waals surface area (Å²) < 4.78 is 0. The molecule has 5 nitrogen and oxygen atoms in total. The van der Waals surface area contributed by atoms with E-state index in [4.69, 9.17) is 0 Å². The van der Waals surface area contributed by atoms with Gasteiger partial charge in [0.15, 0.2) is 0 Å². The van der Waals surface area contributed by atoms with E-state index in [0.29, 0.717) is 19.5 Å². The van der Waals surface area contributed by atoms with E-state index in [2.05, 4.69) is 4.90 Å². The molecule has 0 aromatic carbocycles. The number of carbonyl (C=O) groups is 2. The monoisotopic (exact) mass is 280 g/mol. The fraction of sp³-hybridized carbons (Fsp3) is 0.733. The van der Waals surface area contributed by atoms with Crippen molar-refractivity contribution in [2.24, 2.45) is 17.8 Å². The minimum Gasteiger partial charge on any atom is -0.481 e. The van der Waals surface area contributed by atoms with Crippen molar-refractivity contribution in [1.29, 1.82) is 0 Å². The molecule has 20 heavy (non-hydrogen) atoms. The lowest BCUT2D eigenvalue weighted by molar-refractivity contribution is -0.153. The lowest BCUT2D eigenvalue weighted by atomic mass is 9.73. The van der Waals surface area contributed by atoms with Crippen molar-refractivity contribution in [2.45, 2.75) is 20.3 Å². The van der Waals surface area contributed by atoms with Crippen LogP contribution in [0.15, 0.2) is 11.6 Å². The van der Waals surface area contributed by atoms with Crippen LogP contribution in [0.1, 0.15) is 20.3 Å². The Labute approximate surface area is 120 Å². The Balaban J connectivity index is 2.14. The lowest BCUT2D eigenvalue weighted by Gasteiger charge is -2.38. The first kappa shape index (κ1) is 15.0. The van der Waals surface area contributed by atoms with E-state index >= 15 is 0 Å². The minimum atomic E-state index is -0.853. The lowest BCUT2D eigenvalue weighted by Crippen LogP contribution is -2.51. The molecule has 1 aliphatic heterocycles. The SMILES string of the molecule is CC1=C[C@@H](C)[C@H](C(=O)O)[C@@H](C(=O)N2CCN(C)CC2)C1. The number of piperazine rings is 1. The van der Waals surface area contributed by atoms with Gasteiger partial charge in [-0.2, -0.15) is 0 Å². The van der Waals surface area contributed by atoms with Crippen LogP contribution in [0.3, 0.4) is 0 Å². The molecule has 112 valence electrons. The Hall–Kier alpha value is -1.36. The molecule has 0 spiro atoms. The topological polar surface area (TPSA) is 60.9 Å². The number of rotatable bonds is 2. The predicted octanol–water partition coefficient (Wildman–Crippen LogP) is 1.06. The molecule has 0 saturated carbocycles. The van der Waals surface area contributed by atoms with Crippen LogP contribution in [0.25, 0.3) is 0 Å². The minimum absolute atomic E-state index is 0.0183.